The topological polar surface area (TPSA) is 52.1 Å². The van der Waals surface area contributed by atoms with Gasteiger partial charge < -0.3 is 4.74 Å². The van der Waals surface area contributed by atoms with Gasteiger partial charge in [-0.05, 0) is 13.8 Å². The monoisotopic (exact) mass is 226 g/mol. The highest BCUT2D eigenvalue weighted by Gasteiger charge is 2.10. The molecule has 1 aromatic heterocycles. The van der Waals surface area contributed by atoms with Crippen LogP contribution < -0.4 is 0 Å². The minimum Gasteiger partial charge on any atom is -0.464 e. The summed E-state index contributed by atoms with van der Waals surface area (Å²) in [6, 6.07) is 0. The zero-order valence-corrected chi connectivity index (χ0v) is 11.3. The molecule has 0 N–H and O–H groups in total. The van der Waals surface area contributed by atoms with E-state index in [4.69, 9.17) is 0 Å². The van der Waals surface area contributed by atoms with Crippen molar-refractivity contribution < 1.29 is 9.53 Å². The Kier molecular flexibility index (Phi) is 10.7. The molecule has 0 aromatic carbocycles. The van der Waals surface area contributed by atoms with Crippen molar-refractivity contribution in [3.8, 4) is 0 Å². The van der Waals surface area contributed by atoms with E-state index >= 15 is 0 Å². The van der Waals surface area contributed by atoms with Gasteiger partial charge in [-0.25, -0.2) is 14.8 Å². The molecule has 1 rings (SSSR count). The predicted molar refractivity (Wildman–Crippen MR) is 65.5 cm³/mol. The molecule has 4 heteroatoms. The van der Waals surface area contributed by atoms with Crippen molar-refractivity contribution in [2.45, 2.75) is 41.5 Å². The van der Waals surface area contributed by atoms with E-state index < -0.39 is 5.97 Å². The molecule has 92 valence electrons. The lowest BCUT2D eigenvalue weighted by molar-refractivity contribution is 0.0592. The summed E-state index contributed by atoms with van der Waals surface area (Å²) in [5.74, 6) is 0.152. The van der Waals surface area contributed by atoms with Crippen LogP contribution in [0.3, 0.4) is 0 Å². The first-order valence-corrected chi connectivity index (χ1v) is 5.53. The van der Waals surface area contributed by atoms with Crippen LogP contribution in [0, 0.1) is 13.8 Å². The maximum Gasteiger partial charge on any atom is 0.357 e. The first-order chi connectivity index (χ1) is 7.65. The Morgan fingerprint density at radius 2 is 1.69 bits per heavy atom. The first-order valence-electron chi connectivity index (χ1n) is 5.53. The van der Waals surface area contributed by atoms with Crippen LogP contribution in [0.25, 0.3) is 0 Å². The molecule has 0 amide bonds. The van der Waals surface area contributed by atoms with Crippen LogP contribution in [0.1, 0.15) is 49.6 Å². The molecule has 0 atom stereocenters. The Morgan fingerprint density at radius 3 is 2.12 bits per heavy atom. The first kappa shape index (κ1) is 17.0. The van der Waals surface area contributed by atoms with E-state index in [0.29, 0.717) is 11.5 Å². The maximum absolute atomic E-state index is 11.1. The Morgan fingerprint density at radius 1 is 1.19 bits per heavy atom. The number of ether oxygens (including phenoxy) is 1. The molecule has 16 heavy (non-hydrogen) atoms. The molecule has 0 aliphatic heterocycles. The SMILES string of the molecule is CC.CC.COC(=O)c1nc(C)ncc1C. The normalized spacial score (nSPS) is 7.94. The Balaban J connectivity index is 0. The Hall–Kier alpha value is -1.45. The molecule has 0 radical (unpaired) electrons. The van der Waals surface area contributed by atoms with Crippen LogP contribution in [0.15, 0.2) is 6.20 Å². The van der Waals surface area contributed by atoms with Gasteiger partial charge in [0.15, 0.2) is 5.69 Å². The largest absolute Gasteiger partial charge is 0.464 e. The van der Waals surface area contributed by atoms with Gasteiger partial charge in [-0.2, -0.15) is 0 Å². The van der Waals surface area contributed by atoms with Gasteiger partial charge in [0, 0.05) is 11.8 Å². The van der Waals surface area contributed by atoms with Gasteiger partial charge in [0.2, 0.25) is 0 Å². The maximum atomic E-state index is 11.1. The molecule has 0 spiro atoms. The van der Waals surface area contributed by atoms with Crippen molar-refractivity contribution in [1.82, 2.24) is 9.97 Å². The standard InChI is InChI=1S/C8H10N2O2.2C2H6/c1-5-4-9-6(2)10-7(5)8(11)12-3;2*1-2/h4H,1-3H3;2*1-2H3. The lowest BCUT2D eigenvalue weighted by Crippen LogP contribution is -2.08. The molecule has 1 aromatic rings. The Labute approximate surface area is 98.1 Å². The highest BCUT2D eigenvalue weighted by atomic mass is 16.5. The third kappa shape index (κ3) is 5.44. The molecule has 0 saturated heterocycles. The number of aryl methyl sites for hydroxylation is 2. The molecular formula is C12H22N2O2. The van der Waals surface area contributed by atoms with Crippen LogP contribution in [0.4, 0.5) is 0 Å². The number of esters is 1. The summed E-state index contributed by atoms with van der Waals surface area (Å²) in [4.78, 5) is 19.0. The minimum absolute atomic E-state index is 0.338. The molecule has 0 fully saturated rings. The molecule has 0 aliphatic rings. The summed E-state index contributed by atoms with van der Waals surface area (Å²) in [7, 11) is 1.33. The summed E-state index contributed by atoms with van der Waals surface area (Å²) in [5, 5.41) is 0. The highest BCUT2D eigenvalue weighted by molar-refractivity contribution is 5.88. The third-order valence-electron chi connectivity index (χ3n) is 1.47. The summed E-state index contributed by atoms with van der Waals surface area (Å²) >= 11 is 0. The third-order valence-corrected chi connectivity index (χ3v) is 1.47. The minimum atomic E-state index is -0.419. The quantitative estimate of drug-likeness (QED) is 0.691. The van der Waals surface area contributed by atoms with E-state index in [0.717, 1.165) is 5.56 Å². The fourth-order valence-electron chi connectivity index (χ4n) is 0.834. The number of hydrogen-bond donors (Lipinski definition) is 0. The van der Waals surface area contributed by atoms with E-state index in [1.807, 2.05) is 27.7 Å². The fourth-order valence-corrected chi connectivity index (χ4v) is 0.834. The van der Waals surface area contributed by atoms with Gasteiger partial charge >= 0.3 is 5.97 Å². The average molecular weight is 226 g/mol. The number of methoxy groups -OCH3 is 1. The van der Waals surface area contributed by atoms with Crippen LogP contribution in [0.5, 0.6) is 0 Å². The molecule has 1 heterocycles. The van der Waals surface area contributed by atoms with Crippen molar-refractivity contribution in [3.05, 3.63) is 23.3 Å². The number of nitrogens with zero attached hydrogens (tertiary/aromatic N) is 2. The van der Waals surface area contributed by atoms with Gasteiger partial charge in [-0.3, -0.25) is 0 Å². The van der Waals surface area contributed by atoms with Crippen molar-refractivity contribution in [3.63, 3.8) is 0 Å². The smallest absolute Gasteiger partial charge is 0.357 e. The second-order valence-electron chi connectivity index (χ2n) is 2.44. The predicted octanol–water partition coefficient (Wildman–Crippen LogP) is 2.93. The van der Waals surface area contributed by atoms with Gasteiger partial charge in [-0.15, -0.1) is 0 Å². The number of rotatable bonds is 1. The fraction of sp³-hybridized carbons (Fsp3) is 0.583. The van der Waals surface area contributed by atoms with Crippen LogP contribution in [-0.2, 0) is 4.74 Å². The van der Waals surface area contributed by atoms with Crippen LogP contribution in [0.2, 0.25) is 0 Å². The highest BCUT2D eigenvalue weighted by Crippen LogP contribution is 2.04. The molecule has 0 aliphatic carbocycles. The van der Waals surface area contributed by atoms with Crippen LogP contribution >= 0.6 is 0 Å². The van der Waals surface area contributed by atoms with Gasteiger partial charge in [0.05, 0.1) is 7.11 Å². The number of aromatic nitrogens is 2. The van der Waals surface area contributed by atoms with E-state index in [2.05, 4.69) is 14.7 Å². The van der Waals surface area contributed by atoms with Crippen molar-refractivity contribution in [1.29, 1.82) is 0 Å². The van der Waals surface area contributed by atoms with E-state index in [9.17, 15) is 4.79 Å². The zero-order chi connectivity index (χ0) is 13.1. The molecule has 0 bridgehead atoms. The molecule has 0 saturated carbocycles. The van der Waals surface area contributed by atoms with E-state index in [1.54, 1.807) is 20.0 Å². The zero-order valence-electron chi connectivity index (χ0n) is 11.3. The van der Waals surface area contributed by atoms with Crippen molar-refractivity contribution >= 4 is 5.97 Å². The average Bonchev–Trinajstić information content (AvgIpc) is 2.36. The summed E-state index contributed by atoms with van der Waals surface area (Å²) in [6.45, 7) is 11.5. The van der Waals surface area contributed by atoms with Crippen LogP contribution in [-0.4, -0.2) is 23.0 Å². The second kappa shape index (κ2) is 10.1. The molecule has 0 unspecified atom stereocenters. The van der Waals surface area contributed by atoms with E-state index in [-0.39, 0.29) is 0 Å². The molecular weight excluding hydrogens is 204 g/mol. The lowest BCUT2D eigenvalue weighted by Gasteiger charge is -2.01. The van der Waals surface area contributed by atoms with Gasteiger partial charge in [-0.1, -0.05) is 27.7 Å². The summed E-state index contributed by atoms with van der Waals surface area (Å²) in [5.41, 5.74) is 1.07. The molecule has 4 nitrogen and oxygen atoms in total. The number of carbonyl (C=O) groups excluding carboxylic acids is 1. The number of hydrogen-bond acceptors (Lipinski definition) is 4. The van der Waals surface area contributed by atoms with Gasteiger partial charge in [0.25, 0.3) is 0 Å². The van der Waals surface area contributed by atoms with Crippen molar-refractivity contribution in [2.24, 2.45) is 0 Å². The van der Waals surface area contributed by atoms with Gasteiger partial charge in [0.1, 0.15) is 5.82 Å². The van der Waals surface area contributed by atoms with Crippen molar-refractivity contribution in [2.75, 3.05) is 7.11 Å². The lowest BCUT2D eigenvalue weighted by atomic mass is 10.2. The Bertz CT molecular complexity index is 312. The van der Waals surface area contributed by atoms with E-state index in [1.165, 1.54) is 7.11 Å². The second-order valence-corrected chi connectivity index (χ2v) is 2.44. The summed E-state index contributed by atoms with van der Waals surface area (Å²) in [6.07, 6.45) is 1.61. The number of carbonyl (C=O) groups is 1. The summed E-state index contributed by atoms with van der Waals surface area (Å²) < 4.78 is 4.54.